The van der Waals surface area contributed by atoms with Gasteiger partial charge in [-0.25, -0.2) is 4.90 Å². The van der Waals surface area contributed by atoms with Crippen molar-refractivity contribution in [1.82, 2.24) is 0 Å². The topological polar surface area (TPSA) is 84.0 Å². The Bertz CT molecular complexity index is 1250. The lowest BCUT2D eigenvalue weighted by atomic mass is 9.76. The van der Waals surface area contributed by atoms with E-state index in [9.17, 15) is 19.2 Å². The standard InChI is InChI=1S/C29H32N2O5/c1-16-8-10-22-23(12-16)28(34)31(27(22)33)24-11-9-21(13-19(24)4)36-29(35)20-14-25(32)30(15-20)26-17(2)6-5-7-18(26)3/h5-7,9,11,13,16,20,22-23H,8,10,12,14-15H2,1-4H3/t16-,20+,22+,23+/m0/s1. The number of para-hydroxylation sites is 1. The lowest BCUT2D eigenvalue weighted by molar-refractivity contribution is -0.139. The third-order valence-electron chi connectivity index (χ3n) is 7.98. The fourth-order valence-electron chi connectivity index (χ4n) is 6.08. The molecular weight excluding hydrogens is 456 g/mol. The first-order valence-corrected chi connectivity index (χ1v) is 12.7. The number of benzene rings is 2. The van der Waals surface area contributed by atoms with Crippen LogP contribution in [0.1, 0.15) is 49.3 Å². The van der Waals surface area contributed by atoms with Crippen molar-refractivity contribution in [2.75, 3.05) is 16.3 Å². The highest BCUT2D eigenvalue weighted by atomic mass is 16.5. The monoisotopic (exact) mass is 488 g/mol. The molecular formula is C29H32N2O5. The van der Waals surface area contributed by atoms with Crippen LogP contribution >= 0.6 is 0 Å². The van der Waals surface area contributed by atoms with E-state index in [1.165, 1.54) is 4.90 Å². The van der Waals surface area contributed by atoms with Gasteiger partial charge in [-0.15, -0.1) is 0 Å². The Balaban J connectivity index is 1.29. The molecule has 3 fully saturated rings. The third-order valence-corrected chi connectivity index (χ3v) is 7.98. The molecule has 2 aliphatic heterocycles. The van der Waals surface area contributed by atoms with Crippen molar-refractivity contribution in [3.63, 3.8) is 0 Å². The van der Waals surface area contributed by atoms with E-state index in [-0.39, 0.29) is 42.5 Å². The molecule has 3 aliphatic rings. The summed E-state index contributed by atoms with van der Waals surface area (Å²) in [5.74, 6) is -1.06. The summed E-state index contributed by atoms with van der Waals surface area (Å²) in [7, 11) is 0. The Morgan fingerprint density at radius 2 is 1.61 bits per heavy atom. The van der Waals surface area contributed by atoms with Crippen molar-refractivity contribution in [2.24, 2.45) is 23.7 Å². The van der Waals surface area contributed by atoms with Gasteiger partial charge >= 0.3 is 5.97 Å². The molecule has 0 spiro atoms. The molecule has 2 aromatic rings. The number of imide groups is 1. The van der Waals surface area contributed by atoms with Crippen LogP contribution in [0.25, 0.3) is 0 Å². The summed E-state index contributed by atoms with van der Waals surface area (Å²) in [4.78, 5) is 54.8. The van der Waals surface area contributed by atoms with E-state index >= 15 is 0 Å². The van der Waals surface area contributed by atoms with E-state index in [1.807, 2.05) is 32.0 Å². The average Bonchev–Trinajstić information content (AvgIpc) is 3.31. The first-order chi connectivity index (χ1) is 17.2. The molecule has 0 unspecified atom stereocenters. The summed E-state index contributed by atoms with van der Waals surface area (Å²) >= 11 is 0. The van der Waals surface area contributed by atoms with Crippen molar-refractivity contribution in [3.8, 4) is 5.75 Å². The van der Waals surface area contributed by atoms with E-state index in [2.05, 4.69) is 6.92 Å². The number of rotatable bonds is 4. The number of carbonyl (C=O) groups excluding carboxylic acids is 4. The van der Waals surface area contributed by atoms with Crippen molar-refractivity contribution >= 4 is 35.1 Å². The maximum Gasteiger partial charge on any atom is 0.316 e. The zero-order valence-electron chi connectivity index (χ0n) is 21.2. The van der Waals surface area contributed by atoms with Crippen LogP contribution in [-0.2, 0) is 19.2 Å². The quantitative estimate of drug-likeness (QED) is 0.360. The number of aryl methyl sites for hydroxylation is 3. The Labute approximate surface area is 211 Å². The summed E-state index contributed by atoms with van der Waals surface area (Å²) in [6, 6.07) is 10.8. The van der Waals surface area contributed by atoms with Crippen molar-refractivity contribution < 1.29 is 23.9 Å². The summed E-state index contributed by atoms with van der Waals surface area (Å²) in [5.41, 5.74) is 4.07. The Morgan fingerprint density at radius 1 is 0.917 bits per heavy atom. The highest BCUT2D eigenvalue weighted by molar-refractivity contribution is 6.22. The average molecular weight is 489 g/mol. The Kier molecular flexibility index (Phi) is 6.18. The second-order valence-electron chi connectivity index (χ2n) is 10.7. The van der Waals surface area contributed by atoms with Crippen LogP contribution in [-0.4, -0.2) is 30.2 Å². The number of carbonyl (C=O) groups is 4. The van der Waals surface area contributed by atoms with Crippen LogP contribution in [0, 0.1) is 44.4 Å². The van der Waals surface area contributed by atoms with Gasteiger partial charge in [0.05, 0.1) is 23.4 Å². The predicted molar refractivity (Wildman–Crippen MR) is 136 cm³/mol. The molecule has 0 bridgehead atoms. The normalized spacial score (nSPS) is 25.9. The van der Waals surface area contributed by atoms with E-state index in [4.69, 9.17) is 4.74 Å². The van der Waals surface area contributed by atoms with Gasteiger partial charge in [0.2, 0.25) is 17.7 Å². The van der Waals surface area contributed by atoms with E-state index in [1.54, 1.807) is 30.0 Å². The van der Waals surface area contributed by atoms with Gasteiger partial charge in [-0.05, 0) is 80.8 Å². The molecule has 5 rings (SSSR count). The number of esters is 1. The van der Waals surface area contributed by atoms with Crippen molar-refractivity contribution in [1.29, 1.82) is 0 Å². The SMILES string of the molecule is Cc1cc(OC(=O)[C@@H]2CC(=O)N(c3c(C)cccc3C)C2)ccc1N1C(=O)[C@@H]2CC[C@H](C)C[C@H]2C1=O. The molecule has 188 valence electrons. The van der Waals surface area contributed by atoms with Gasteiger partial charge in [0, 0.05) is 18.7 Å². The summed E-state index contributed by atoms with van der Waals surface area (Å²) in [6.07, 6.45) is 2.56. The fraction of sp³-hybridized carbons (Fsp3) is 0.448. The Hall–Kier alpha value is -3.48. The van der Waals surface area contributed by atoms with E-state index < -0.39 is 11.9 Å². The van der Waals surface area contributed by atoms with Gasteiger partial charge in [0.25, 0.3) is 0 Å². The molecule has 1 saturated carbocycles. The zero-order valence-corrected chi connectivity index (χ0v) is 21.2. The number of hydrogen-bond acceptors (Lipinski definition) is 5. The summed E-state index contributed by atoms with van der Waals surface area (Å²) < 4.78 is 5.65. The molecule has 7 heteroatoms. The van der Waals surface area contributed by atoms with Gasteiger partial charge in [-0.3, -0.25) is 19.2 Å². The maximum absolute atomic E-state index is 13.1. The minimum absolute atomic E-state index is 0.0947. The number of hydrogen-bond donors (Lipinski definition) is 0. The maximum atomic E-state index is 13.1. The molecule has 7 nitrogen and oxygen atoms in total. The van der Waals surface area contributed by atoms with E-state index in [0.29, 0.717) is 22.9 Å². The molecule has 0 radical (unpaired) electrons. The second kappa shape index (κ2) is 9.19. The zero-order chi connectivity index (χ0) is 25.7. The number of nitrogens with zero attached hydrogens (tertiary/aromatic N) is 2. The second-order valence-corrected chi connectivity index (χ2v) is 10.7. The van der Waals surface area contributed by atoms with Crippen molar-refractivity contribution in [2.45, 2.75) is 53.4 Å². The number of anilines is 2. The van der Waals surface area contributed by atoms with Crippen LogP contribution in [0.4, 0.5) is 11.4 Å². The van der Waals surface area contributed by atoms with Gasteiger partial charge in [0.1, 0.15) is 5.75 Å². The molecule has 4 atom stereocenters. The van der Waals surface area contributed by atoms with Crippen molar-refractivity contribution in [3.05, 3.63) is 53.1 Å². The fourth-order valence-corrected chi connectivity index (χ4v) is 6.08. The molecule has 1 aliphatic carbocycles. The molecule has 2 saturated heterocycles. The minimum atomic E-state index is -0.566. The highest BCUT2D eigenvalue weighted by Gasteiger charge is 2.50. The summed E-state index contributed by atoms with van der Waals surface area (Å²) in [6.45, 7) is 8.12. The molecule has 3 amide bonds. The van der Waals surface area contributed by atoms with Crippen LogP contribution < -0.4 is 14.5 Å². The molecule has 36 heavy (non-hydrogen) atoms. The summed E-state index contributed by atoms with van der Waals surface area (Å²) in [5, 5.41) is 0. The largest absolute Gasteiger partial charge is 0.426 e. The first-order valence-electron chi connectivity index (χ1n) is 12.7. The minimum Gasteiger partial charge on any atom is -0.426 e. The first kappa shape index (κ1) is 24.2. The lowest BCUT2D eigenvalue weighted by Gasteiger charge is -2.25. The molecule has 0 N–H and O–H groups in total. The van der Waals surface area contributed by atoms with Gasteiger partial charge in [-0.1, -0.05) is 25.1 Å². The van der Waals surface area contributed by atoms with Crippen LogP contribution in [0.3, 0.4) is 0 Å². The molecule has 2 heterocycles. The number of fused-ring (bicyclic) bond motifs is 1. The molecule has 2 aromatic carbocycles. The molecule has 0 aromatic heterocycles. The smallest absolute Gasteiger partial charge is 0.316 e. The van der Waals surface area contributed by atoms with E-state index in [0.717, 1.165) is 36.1 Å². The number of ether oxygens (including phenoxy) is 1. The Morgan fingerprint density at radius 3 is 2.31 bits per heavy atom. The van der Waals surface area contributed by atoms with Crippen LogP contribution in [0.5, 0.6) is 5.75 Å². The highest BCUT2D eigenvalue weighted by Crippen LogP contribution is 2.43. The third kappa shape index (κ3) is 4.10. The number of amides is 3. The van der Waals surface area contributed by atoms with Gasteiger partial charge < -0.3 is 9.64 Å². The lowest BCUT2D eigenvalue weighted by Crippen LogP contribution is -2.31. The van der Waals surface area contributed by atoms with Gasteiger partial charge in [-0.2, -0.15) is 0 Å². The predicted octanol–water partition coefficient (Wildman–Crippen LogP) is 4.50. The van der Waals surface area contributed by atoms with Crippen LogP contribution in [0.2, 0.25) is 0 Å². The van der Waals surface area contributed by atoms with Crippen LogP contribution in [0.15, 0.2) is 36.4 Å². The van der Waals surface area contributed by atoms with Gasteiger partial charge in [0.15, 0.2) is 0 Å².